The number of nitrogens with one attached hydrogen (secondary N) is 1. The summed E-state index contributed by atoms with van der Waals surface area (Å²) >= 11 is 6.13. The average molecular weight is 312 g/mol. The van der Waals surface area contributed by atoms with Gasteiger partial charge in [0.2, 0.25) is 0 Å². The van der Waals surface area contributed by atoms with E-state index in [0.29, 0.717) is 0 Å². The van der Waals surface area contributed by atoms with Gasteiger partial charge in [-0.05, 0) is 57.7 Å². The lowest BCUT2D eigenvalue weighted by Crippen LogP contribution is -2.34. The van der Waals surface area contributed by atoms with E-state index in [9.17, 15) is 4.79 Å². The summed E-state index contributed by atoms with van der Waals surface area (Å²) in [5, 5.41) is 3.68. The first-order valence-corrected chi connectivity index (χ1v) is 7.33. The van der Waals surface area contributed by atoms with Gasteiger partial charge in [0.1, 0.15) is 11.9 Å². The molecule has 4 nitrogen and oxygen atoms in total. The largest absolute Gasteiger partial charge is 0.444 e. The lowest BCUT2D eigenvalue weighted by atomic mass is 10.1. The Morgan fingerprint density at radius 2 is 2.05 bits per heavy atom. The number of benzene rings is 1. The monoisotopic (exact) mass is 311 g/mol. The summed E-state index contributed by atoms with van der Waals surface area (Å²) < 4.78 is 5.26. The molecular weight excluding hydrogens is 290 g/mol. The lowest BCUT2D eigenvalue weighted by molar-refractivity contribution is -0.106. The van der Waals surface area contributed by atoms with Crippen LogP contribution in [0.3, 0.4) is 0 Å². The molecule has 0 spiro atoms. The molecule has 1 N–H and O–H groups in total. The standard InChI is InChI=1S/C14H18ClNO2.C2H4O/c1-14(2,3)18-13(17)16-12-8-7-9-10(12)5-4-6-11(9)15;1-2-3/h4-6,12H,7-8H2,1-3H3,(H,16,17);2H,1H3. The van der Waals surface area contributed by atoms with Gasteiger partial charge in [-0.25, -0.2) is 4.79 Å². The molecule has 0 aliphatic heterocycles. The summed E-state index contributed by atoms with van der Waals surface area (Å²) in [5.74, 6) is 0. The first-order valence-electron chi connectivity index (χ1n) is 6.95. The third-order valence-electron chi connectivity index (χ3n) is 2.90. The van der Waals surface area contributed by atoms with Crippen molar-refractivity contribution in [1.29, 1.82) is 0 Å². The first kappa shape index (κ1) is 17.5. The highest BCUT2D eigenvalue weighted by molar-refractivity contribution is 6.31. The molecule has 0 radical (unpaired) electrons. The van der Waals surface area contributed by atoms with Gasteiger partial charge in [-0.1, -0.05) is 23.7 Å². The van der Waals surface area contributed by atoms with Crippen molar-refractivity contribution in [2.75, 3.05) is 0 Å². The number of halogens is 1. The Kier molecular flexibility index (Phi) is 6.21. The van der Waals surface area contributed by atoms with Gasteiger partial charge in [0.05, 0.1) is 6.04 Å². The van der Waals surface area contributed by atoms with Gasteiger partial charge in [0.15, 0.2) is 0 Å². The van der Waals surface area contributed by atoms with Crippen molar-refractivity contribution in [2.24, 2.45) is 0 Å². The van der Waals surface area contributed by atoms with E-state index in [1.54, 1.807) is 0 Å². The molecule has 1 amide bonds. The van der Waals surface area contributed by atoms with Crippen molar-refractivity contribution in [2.45, 2.75) is 52.2 Å². The molecule has 1 aliphatic carbocycles. The van der Waals surface area contributed by atoms with E-state index in [4.69, 9.17) is 21.1 Å². The molecule has 0 bridgehead atoms. The number of carbonyl (C=O) groups is 2. The Morgan fingerprint density at radius 1 is 1.43 bits per heavy atom. The van der Waals surface area contributed by atoms with Crippen LogP contribution in [0.1, 0.15) is 51.3 Å². The molecule has 1 unspecified atom stereocenters. The minimum absolute atomic E-state index is 0.00792. The van der Waals surface area contributed by atoms with E-state index in [1.165, 1.54) is 6.92 Å². The Hall–Kier alpha value is -1.55. The van der Waals surface area contributed by atoms with Gasteiger partial charge in [0, 0.05) is 5.02 Å². The van der Waals surface area contributed by atoms with Crippen LogP contribution in [0.4, 0.5) is 4.79 Å². The molecule has 0 heterocycles. The van der Waals surface area contributed by atoms with Gasteiger partial charge in [-0.3, -0.25) is 0 Å². The van der Waals surface area contributed by atoms with Crippen molar-refractivity contribution < 1.29 is 14.3 Å². The zero-order chi connectivity index (χ0) is 16.0. The second-order valence-electron chi connectivity index (χ2n) is 5.78. The van der Waals surface area contributed by atoms with Crippen molar-refractivity contribution in [3.05, 3.63) is 34.3 Å². The second-order valence-corrected chi connectivity index (χ2v) is 6.19. The van der Waals surface area contributed by atoms with Crippen LogP contribution in [0, 0.1) is 0 Å². The number of amides is 1. The molecule has 2 rings (SSSR count). The average Bonchev–Trinajstić information content (AvgIpc) is 2.72. The van der Waals surface area contributed by atoms with Crippen LogP contribution in [0.2, 0.25) is 5.02 Å². The van der Waals surface area contributed by atoms with Crippen LogP contribution < -0.4 is 5.32 Å². The summed E-state index contributed by atoms with van der Waals surface area (Å²) in [6, 6.07) is 5.82. The zero-order valence-electron chi connectivity index (χ0n) is 12.9. The summed E-state index contributed by atoms with van der Waals surface area (Å²) in [6.45, 7) is 7.00. The van der Waals surface area contributed by atoms with E-state index in [0.717, 1.165) is 35.3 Å². The van der Waals surface area contributed by atoms with Gasteiger partial charge in [-0.2, -0.15) is 0 Å². The van der Waals surface area contributed by atoms with E-state index in [-0.39, 0.29) is 12.1 Å². The maximum absolute atomic E-state index is 11.7. The molecule has 1 aliphatic rings. The summed E-state index contributed by atoms with van der Waals surface area (Å²) in [6.07, 6.45) is 2.15. The Labute approximate surface area is 130 Å². The van der Waals surface area contributed by atoms with E-state index >= 15 is 0 Å². The van der Waals surface area contributed by atoms with Crippen molar-refractivity contribution in [1.82, 2.24) is 5.32 Å². The number of carbonyl (C=O) groups excluding carboxylic acids is 2. The molecule has 21 heavy (non-hydrogen) atoms. The lowest BCUT2D eigenvalue weighted by Gasteiger charge is -2.22. The molecule has 5 heteroatoms. The van der Waals surface area contributed by atoms with Crippen LogP contribution >= 0.6 is 11.6 Å². The van der Waals surface area contributed by atoms with Gasteiger partial charge < -0.3 is 14.8 Å². The normalized spacial score (nSPS) is 16.3. The van der Waals surface area contributed by atoms with Crippen LogP contribution in [-0.4, -0.2) is 18.0 Å². The summed E-state index contributed by atoms with van der Waals surface area (Å²) in [5.41, 5.74) is 1.77. The number of hydrogen-bond acceptors (Lipinski definition) is 3. The number of fused-ring (bicyclic) bond motifs is 1. The molecule has 0 aromatic heterocycles. The van der Waals surface area contributed by atoms with Crippen molar-refractivity contribution in [3.63, 3.8) is 0 Å². The Morgan fingerprint density at radius 3 is 2.62 bits per heavy atom. The van der Waals surface area contributed by atoms with E-state index in [2.05, 4.69) is 5.32 Å². The maximum atomic E-state index is 11.7. The molecule has 1 atom stereocenters. The number of alkyl carbamates (subject to hydrolysis) is 1. The third-order valence-corrected chi connectivity index (χ3v) is 3.26. The molecule has 0 saturated heterocycles. The van der Waals surface area contributed by atoms with Crippen molar-refractivity contribution in [3.8, 4) is 0 Å². The predicted octanol–water partition coefficient (Wildman–Crippen LogP) is 4.06. The van der Waals surface area contributed by atoms with Gasteiger partial charge >= 0.3 is 6.09 Å². The number of rotatable bonds is 1. The predicted molar refractivity (Wildman–Crippen MR) is 83.6 cm³/mol. The highest BCUT2D eigenvalue weighted by Crippen LogP contribution is 2.35. The Balaban J connectivity index is 0.000000677. The minimum atomic E-state index is -0.472. The summed E-state index contributed by atoms with van der Waals surface area (Å²) in [7, 11) is 0. The minimum Gasteiger partial charge on any atom is -0.444 e. The smallest absolute Gasteiger partial charge is 0.408 e. The quantitative estimate of drug-likeness (QED) is 0.796. The molecule has 0 fully saturated rings. The number of ether oxygens (including phenoxy) is 1. The Bertz CT molecular complexity index is 509. The highest BCUT2D eigenvalue weighted by Gasteiger charge is 2.27. The highest BCUT2D eigenvalue weighted by atomic mass is 35.5. The second kappa shape index (κ2) is 7.46. The van der Waals surface area contributed by atoms with Crippen LogP contribution in [-0.2, 0) is 16.0 Å². The molecule has 1 aromatic rings. The fraction of sp³-hybridized carbons (Fsp3) is 0.500. The third kappa shape index (κ3) is 5.38. The van der Waals surface area contributed by atoms with Gasteiger partial charge in [0.25, 0.3) is 0 Å². The zero-order valence-corrected chi connectivity index (χ0v) is 13.7. The number of aldehydes is 1. The van der Waals surface area contributed by atoms with E-state index in [1.807, 2.05) is 39.0 Å². The molecule has 1 aromatic carbocycles. The topological polar surface area (TPSA) is 55.4 Å². The van der Waals surface area contributed by atoms with Crippen LogP contribution in [0.15, 0.2) is 18.2 Å². The first-order chi connectivity index (χ1) is 9.78. The molecular formula is C16H22ClNO3. The fourth-order valence-electron chi connectivity index (χ4n) is 2.21. The van der Waals surface area contributed by atoms with Crippen LogP contribution in [0.25, 0.3) is 0 Å². The molecule has 116 valence electrons. The van der Waals surface area contributed by atoms with Crippen molar-refractivity contribution >= 4 is 24.0 Å². The fourth-order valence-corrected chi connectivity index (χ4v) is 2.49. The van der Waals surface area contributed by atoms with Crippen LogP contribution in [0.5, 0.6) is 0 Å². The number of hydrogen-bond donors (Lipinski definition) is 1. The SMILES string of the molecule is CC(C)(C)OC(=O)NC1CCc2c(Cl)cccc21.CC=O. The maximum Gasteiger partial charge on any atom is 0.408 e. The van der Waals surface area contributed by atoms with Gasteiger partial charge in [-0.15, -0.1) is 0 Å². The summed E-state index contributed by atoms with van der Waals surface area (Å²) in [4.78, 5) is 20.5. The molecule has 0 saturated carbocycles. The van der Waals surface area contributed by atoms with E-state index < -0.39 is 5.60 Å².